The monoisotopic (exact) mass is 357 g/mol. The fourth-order valence-electron chi connectivity index (χ4n) is 1.68. The SMILES string of the molecule is Cc1ccsc1C(=O)O[C@H](C)C(=O)Nc1cc(Cl)ccc1Cl. The number of nitrogens with one attached hydrogen (secondary N) is 1. The van der Waals surface area contributed by atoms with E-state index in [2.05, 4.69) is 5.32 Å². The van der Waals surface area contributed by atoms with Crippen LogP contribution in [0.5, 0.6) is 0 Å². The van der Waals surface area contributed by atoms with Gasteiger partial charge in [0, 0.05) is 5.02 Å². The highest BCUT2D eigenvalue weighted by atomic mass is 35.5. The van der Waals surface area contributed by atoms with E-state index in [4.69, 9.17) is 27.9 Å². The van der Waals surface area contributed by atoms with Gasteiger partial charge in [-0.05, 0) is 49.1 Å². The van der Waals surface area contributed by atoms with E-state index in [9.17, 15) is 9.59 Å². The van der Waals surface area contributed by atoms with Crippen LogP contribution in [-0.4, -0.2) is 18.0 Å². The molecular weight excluding hydrogens is 345 g/mol. The maximum atomic E-state index is 12.1. The quantitative estimate of drug-likeness (QED) is 0.816. The molecule has 0 radical (unpaired) electrons. The molecule has 1 amide bonds. The Balaban J connectivity index is 2.02. The molecule has 0 bridgehead atoms. The molecule has 1 N–H and O–H groups in total. The zero-order valence-corrected chi connectivity index (χ0v) is 14.2. The van der Waals surface area contributed by atoms with Crippen LogP contribution in [-0.2, 0) is 9.53 Å². The predicted molar refractivity (Wildman–Crippen MR) is 89.0 cm³/mol. The van der Waals surface area contributed by atoms with Crippen molar-refractivity contribution in [3.05, 3.63) is 50.1 Å². The van der Waals surface area contributed by atoms with E-state index in [-0.39, 0.29) is 0 Å². The summed E-state index contributed by atoms with van der Waals surface area (Å²) in [6.45, 7) is 3.30. The van der Waals surface area contributed by atoms with Gasteiger partial charge in [0.15, 0.2) is 6.10 Å². The van der Waals surface area contributed by atoms with Gasteiger partial charge in [0.05, 0.1) is 10.7 Å². The number of thiophene rings is 1. The standard InChI is InChI=1S/C15H13Cl2NO3S/c1-8-5-6-22-13(8)15(20)21-9(2)14(19)18-12-7-10(16)3-4-11(12)17/h3-7,9H,1-2H3,(H,18,19)/t9-/m1/s1. The molecule has 1 heterocycles. The number of ether oxygens (including phenoxy) is 1. The Kier molecular flexibility index (Phi) is 5.45. The molecule has 2 rings (SSSR count). The van der Waals surface area contributed by atoms with Gasteiger partial charge in [-0.2, -0.15) is 0 Å². The van der Waals surface area contributed by atoms with Crippen LogP contribution in [0, 0.1) is 6.92 Å². The molecule has 116 valence electrons. The zero-order valence-electron chi connectivity index (χ0n) is 11.9. The number of halogens is 2. The molecule has 0 aliphatic rings. The van der Waals surface area contributed by atoms with Crippen molar-refractivity contribution in [2.24, 2.45) is 0 Å². The Labute approximate surface area is 142 Å². The third kappa shape index (κ3) is 4.00. The molecule has 22 heavy (non-hydrogen) atoms. The molecule has 0 saturated carbocycles. The lowest BCUT2D eigenvalue weighted by molar-refractivity contribution is -0.123. The average molecular weight is 358 g/mol. The van der Waals surface area contributed by atoms with Crippen LogP contribution in [0.2, 0.25) is 10.0 Å². The number of carbonyl (C=O) groups is 2. The fraction of sp³-hybridized carbons (Fsp3) is 0.200. The van der Waals surface area contributed by atoms with Crippen molar-refractivity contribution < 1.29 is 14.3 Å². The summed E-state index contributed by atoms with van der Waals surface area (Å²) in [6, 6.07) is 6.53. The van der Waals surface area contributed by atoms with E-state index in [0.29, 0.717) is 20.6 Å². The Bertz CT molecular complexity index is 715. The molecule has 1 atom stereocenters. The highest BCUT2D eigenvalue weighted by Crippen LogP contribution is 2.25. The first kappa shape index (κ1) is 16.8. The second kappa shape index (κ2) is 7.13. The van der Waals surface area contributed by atoms with Gasteiger partial charge >= 0.3 is 5.97 Å². The predicted octanol–water partition coefficient (Wildman–Crippen LogP) is 4.55. The third-order valence-corrected chi connectivity index (χ3v) is 4.45. The van der Waals surface area contributed by atoms with Crippen LogP contribution in [0.3, 0.4) is 0 Å². The first-order valence-electron chi connectivity index (χ1n) is 6.39. The van der Waals surface area contributed by atoms with E-state index in [1.807, 2.05) is 13.0 Å². The van der Waals surface area contributed by atoms with Crippen molar-refractivity contribution >= 4 is 52.1 Å². The van der Waals surface area contributed by atoms with Gasteiger partial charge in [0.2, 0.25) is 0 Å². The van der Waals surface area contributed by atoms with Gasteiger partial charge in [-0.3, -0.25) is 4.79 Å². The molecule has 0 spiro atoms. The van der Waals surface area contributed by atoms with Crippen molar-refractivity contribution in [1.82, 2.24) is 0 Å². The van der Waals surface area contributed by atoms with Crippen molar-refractivity contribution in [2.75, 3.05) is 5.32 Å². The normalized spacial score (nSPS) is 11.8. The van der Waals surface area contributed by atoms with Gasteiger partial charge in [0.25, 0.3) is 5.91 Å². The van der Waals surface area contributed by atoms with Crippen LogP contribution in [0.4, 0.5) is 5.69 Å². The largest absolute Gasteiger partial charge is 0.448 e. The lowest BCUT2D eigenvalue weighted by Gasteiger charge is -2.14. The van der Waals surface area contributed by atoms with Crippen molar-refractivity contribution in [3.8, 4) is 0 Å². The maximum absolute atomic E-state index is 12.1. The smallest absolute Gasteiger partial charge is 0.349 e. The molecule has 4 nitrogen and oxygen atoms in total. The number of esters is 1. The fourth-order valence-corrected chi connectivity index (χ4v) is 2.82. The Morgan fingerprint density at radius 1 is 1.27 bits per heavy atom. The first-order chi connectivity index (χ1) is 10.4. The number of hydrogen-bond donors (Lipinski definition) is 1. The van der Waals surface area contributed by atoms with E-state index in [1.165, 1.54) is 24.3 Å². The third-order valence-electron chi connectivity index (χ3n) is 2.89. The number of hydrogen-bond acceptors (Lipinski definition) is 4. The second-order valence-corrected chi connectivity index (χ2v) is 6.35. The number of rotatable bonds is 4. The summed E-state index contributed by atoms with van der Waals surface area (Å²) >= 11 is 13.1. The van der Waals surface area contributed by atoms with E-state index >= 15 is 0 Å². The maximum Gasteiger partial charge on any atom is 0.349 e. The van der Waals surface area contributed by atoms with Crippen LogP contribution in [0.1, 0.15) is 22.2 Å². The molecule has 1 aromatic heterocycles. The molecule has 0 aliphatic carbocycles. The summed E-state index contributed by atoms with van der Waals surface area (Å²) in [5.74, 6) is -1.00. The minimum absolute atomic E-state index is 0.352. The molecule has 1 aromatic carbocycles. The topological polar surface area (TPSA) is 55.4 Å². The zero-order chi connectivity index (χ0) is 16.3. The van der Waals surface area contributed by atoms with Crippen LogP contribution >= 0.6 is 34.5 Å². The van der Waals surface area contributed by atoms with Gasteiger partial charge in [-0.25, -0.2) is 4.79 Å². The summed E-state index contributed by atoms with van der Waals surface area (Å²) in [5.41, 5.74) is 1.19. The first-order valence-corrected chi connectivity index (χ1v) is 8.03. The highest BCUT2D eigenvalue weighted by molar-refractivity contribution is 7.12. The van der Waals surface area contributed by atoms with Gasteiger partial charge in [-0.1, -0.05) is 23.2 Å². The minimum atomic E-state index is -0.955. The Hall–Kier alpha value is -1.56. The highest BCUT2D eigenvalue weighted by Gasteiger charge is 2.21. The number of carbonyl (C=O) groups excluding carboxylic acids is 2. The molecule has 0 aliphatic heterocycles. The summed E-state index contributed by atoms with van der Waals surface area (Å²) in [6.07, 6.45) is -0.955. The van der Waals surface area contributed by atoms with Gasteiger partial charge in [-0.15, -0.1) is 11.3 Å². The average Bonchev–Trinajstić information content (AvgIpc) is 2.89. The lowest BCUT2D eigenvalue weighted by Crippen LogP contribution is -2.30. The van der Waals surface area contributed by atoms with Crippen LogP contribution in [0.25, 0.3) is 0 Å². The molecular formula is C15H13Cl2NO3S. The molecule has 0 saturated heterocycles. The number of aryl methyl sites for hydroxylation is 1. The van der Waals surface area contributed by atoms with Crippen molar-refractivity contribution in [3.63, 3.8) is 0 Å². The van der Waals surface area contributed by atoms with E-state index in [0.717, 1.165) is 5.56 Å². The van der Waals surface area contributed by atoms with Crippen molar-refractivity contribution in [1.29, 1.82) is 0 Å². The van der Waals surface area contributed by atoms with Crippen molar-refractivity contribution in [2.45, 2.75) is 20.0 Å². The lowest BCUT2D eigenvalue weighted by atomic mass is 10.3. The van der Waals surface area contributed by atoms with Gasteiger partial charge < -0.3 is 10.1 Å². The Morgan fingerprint density at radius 2 is 2.00 bits per heavy atom. The molecule has 2 aromatic rings. The Morgan fingerprint density at radius 3 is 2.64 bits per heavy atom. The van der Waals surface area contributed by atoms with Crippen LogP contribution < -0.4 is 5.32 Å². The van der Waals surface area contributed by atoms with E-state index < -0.39 is 18.0 Å². The summed E-state index contributed by atoms with van der Waals surface area (Å²) in [7, 11) is 0. The minimum Gasteiger partial charge on any atom is -0.448 e. The summed E-state index contributed by atoms with van der Waals surface area (Å²) in [5, 5.41) is 5.18. The summed E-state index contributed by atoms with van der Waals surface area (Å²) in [4.78, 5) is 24.5. The molecule has 0 fully saturated rings. The van der Waals surface area contributed by atoms with Gasteiger partial charge in [0.1, 0.15) is 4.88 Å². The number of anilines is 1. The molecule has 0 unspecified atom stereocenters. The second-order valence-electron chi connectivity index (χ2n) is 4.59. The summed E-state index contributed by atoms with van der Waals surface area (Å²) < 4.78 is 5.16. The number of amides is 1. The number of benzene rings is 1. The molecule has 7 heteroatoms. The van der Waals surface area contributed by atoms with Crippen LogP contribution in [0.15, 0.2) is 29.6 Å². The van der Waals surface area contributed by atoms with E-state index in [1.54, 1.807) is 17.5 Å².